The molecule has 2 N–H and O–H groups in total. The summed E-state index contributed by atoms with van der Waals surface area (Å²) in [5.41, 5.74) is 4.69. The summed E-state index contributed by atoms with van der Waals surface area (Å²) in [7, 11) is 6.08. The van der Waals surface area contributed by atoms with Crippen LogP contribution in [-0.2, 0) is 20.0 Å². The summed E-state index contributed by atoms with van der Waals surface area (Å²) in [6.45, 7) is 11.4. The lowest BCUT2D eigenvalue weighted by Crippen LogP contribution is -2.43. The van der Waals surface area contributed by atoms with Gasteiger partial charge in [-0.3, -0.25) is 4.68 Å². The Labute approximate surface area is 181 Å². The highest BCUT2D eigenvalue weighted by atomic mass is 16.5. The fourth-order valence-corrected chi connectivity index (χ4v) is 3.30. The van der Waals surface area contributed by atoms with Gasteiger partial charge < -0.3 is 20.3 Å². The summed E-state index contributed by atoms with van der Waals surface area (Å²) in [4.78, 5) is 6.91. The zero-order valence-electron chi connectivity index (χ0n) is 19.6. The van der Waals surface area contributed by atoms with Crippen molar-refractivity contribution in [2.45, 2.75) is 46.7 Å². The van der Waals surface area contributed by atoms with Crippen LogP contribution < -0.4 is 15.4 Å². The molecule has 0 aliphatic carbocycles. The van der Waals surface area contributed by atoms with E-state index in [0.29, 0.717) is 13.2 Å². The third kappa shape index (κ3) is 7.06. The number of hydrogen-bond acceptors (Lipinski definition) is 4. The lowest BCUT2D eigenvalue weighted by molar-refractivity contribution is 0.259. The van der Waals surface area contributed by atoms with Gasteiger partial charge in [-0.1, -0.05) is 18.2 Å². The van der Waals surface area contributed by atoms with Crippen LogP contribution in [0.25, 0.3) is 0 Å². The minimum Gasteiger partial charge on any atom is -0.492 e. The van der Waals surface area contributed by atoms with Gasteiger partial charge in [0.25, 0.3) is 0 Å². The van der Waals surface area contributed by atoms with Crippen LogP contribution in [0.2, 0.25) is 0 Å². The molecule has 1 aromatic heterocycles. The summed E-state index contributed by atoms with van der Waals surface area (Å²) in [5.74, 6) is 1.71. The SMILES string of the molecule is CCNC(=NCc1ccccc1OCCN(C)C)NC(C)Cc1c(C)nn(C)c1C. The predicted octanol–water partition coefficient (Wildman–Crippen LogP) is 2.66. The third-order valence-corrected chi connectivity index (χ3v) is 5.07. The van der Waals surface area contributed by atoms with Crippen molar-refractivity contribution in [1.29, 1.82) is 0 Å². The molecule has 1 aromatic carbocycles. The number of aliphatic imine (C=N–C) groups is 1. The van der Waals surface area contributed by atoms with Crippen molar-refractivity contribution in [3.8, 4) is 5.75 Å². The van der Waals surface area contributed by atoms with Crippen LogP contribution in [0.15, 0.2) is 29.3 Å². The highest BCUT2D eigenvalue weighted by Gasteiger charge is 2.14. The molecule has 7 heteroatoms. The van der Waals surface area contributed by atoms with Crippen LogP contribution >= 0.6 is 0 Å². The standard InChI is InChI=1S/C23H38N6O/c1-8-24-23(26-17(2)15-21-18(3)27-29(7)19(21)4)25-16-20-11-9-10-12-22(20)30-14-13-28(5)6/h9-12,17H,8,13-16H2,1-7H3,(H2,24,25,26). The van der Waals surface area contributed by atoms with Crippen molar-refractivity contribution in [3.63, 3.8) is 0 Å². The molecule has 0 bridgehead atoms. The molecular weight excluding hydrogens is 376 g/mol. The molecule has 2 aromatic rings. The first-order chi connectivity index (χ1) is 14.3. The minimum absolute atomic E-state index is 0.232. The minimum atomic E-state index is 0.232. The molecule has 30 heavy (non-hydrogen) atoms. The molecule has 0 spiro atoms. The summed E-state index contributed by atoms with van der Waals surface area (Å²) in [6.07, 6.45) is 0.903. The number of rotatable bonds is 10. The summed E-state index contributed by atoms with van der Waals surface area (Å²) in [6, 6.07) is 8.35. The maximum Gasteiger partial charge on any atom is 0.191 e. The molecule has 0 aliphatic rings. The van der Waals surface area contributed by atoms with E-state index in [1.54, 1.807) is 0 Å². The van der Waals surface area contributed by atoms with Gasteiger partial charge in [-0.05, 0) is 59.8 Å². The van der Waals surface area contributed by atoms with Crippen LogP contribution in [0.1, 0.15) is 36.4 Å². The van der Waals surface area contributed by atoms with Crippen LogP contribution in [0.3, 0.4) is 0 Å². The molecule has 0 amide bonds. The fourth-order valence-electron chi connectivity index (χ4n) is 3.30. The molecule has 1 atom stereocenters. The maximum absolute atomic E-state index is 5.97. The van der Waals surface area contributed by atoms with Gasteiger partial charge >= 0.3 is 0 Å². The van der Waals surface area contributed by atoms with Crippen LogP contribution in [0, 0.1) is 13.8 Å². The first kappa shape index (κ1) is 23.7. The summed E-state index contributed by atoms with van der Waals surface area (Å²) in [5, 5.41) is 11.4. The number of para-hydroxylation sites is 1. The van der Waals surface area contributed by atoms with Gasteiger partial charge in [-0.25, -0.2) is 4.99 Å². The second kappa shape index (κ2) is 11.6. The number of guanidine groups is 1. The Morgan fingerprint density at radius 1 is 1.27 bits per heavy atom. The Morgan fingerprint density at radius 3 is 2.63 bits per heavy atom. The number of likely N-dealkylation sites (N-methyl/N-ethyl adjacent to an activating group) is 1. The average molecular weight is 415 g/mol. The molecule has 0 saturated carbocycles. The number of hydrogen-bond donors (Lipinski definition) is 2. The largest absolute Gasteiger partial charge is 0.492 e. The van der Waals surface area contributed by atoms with E-state index in [4.69, 9.17) is 9.73 Å². The van der Waals surface area contributed by atoms with Crippen molar-refractivity contribution < 1.29 is 4.74 Å². The molecule has 0 saturated heterocycles. The van der Waals surface area contributed by atoms with Gasteiger partial charge in [0.1, 0.15) is 12.4 Å². The zero-order valence-corrected chi connectivity index (χ0v) is 19.6. The molecule has 2 rings (SSSR count). The van der Waals surface area contributed by atoms with Gasteiger partial charge in [0.05, 0.1) is 12.2 Å². The van der Waals surface area contributed by atoms with E-state index in [2.05, 4.69) is 54.4 Å². The number of aromatic nitrogens is 2. The Bertz CT molecular complexity index is 827. The van der Waals surface area contributed by atoms with Crippen LogP contribution in [-0.4, -0.2) is 60.5 Å². The first-order valence-electron chi connectivity index (χ1n) is 10.7. The van der Waals surface area contributed by atoms with Gasteiger partial charge in [-0.2, -0.15) is 5.10 Å². The predicted molar refractivity (Wildman–Crippen MR) is 124 cm³/mol. The highest BCUT2D eigenvalue weighted by molar-refractivity contribution is 5.80. The third-order valence-electron chi connectivity index (χ3n) is 5.07. The normalized spacial score (nSPS) is 12.9. The van der Waals surface area contributed by atoms with Gasteiger partial charge in [-0.15, -0.1) is 0 Å². The quantitative estimate of drug-likeness (QED) is 0.462. The molecule has 0 radical (unpaired) electrons. The fraction of sp³-hybridized carbons (Fsp3) is 0.565. The van der Waals surface area contributed by atoms with Gasteiger partial charge in [0.15, 0.2) is 5.96 Å². The molecule has 1 heterocycles. The highest BCUT2D eigenvalue weighted by Crippen LogP contribution is 2.19. The molecule has 166 valence electrons. The summed E-state index contributed by atoms with van der Waals surface area (Å²) < 4.78 is 7.92. The summed E-state index contributed by atoms with van der Waals surface area (Å²) >= 11 is 0. The number of nitrogens with one attached hydrogen (secondary N) is 2. The monoisotopic (exact) mass is 414 g/mol. The number of aryl methyl sites for hydroxylation is 2. The lowest BCUT2D eigenvalue weighted by Gasteiger charge is -2.18. The Balaban J connectivity index is 2.03. The second-order valence-electron chi connectivity index (χ2n) is 7.98. The van der Waals surface area contributed by atoms with Crippen molar-refractivity contribution in [1.82, 2.24) is 25.3 Å². The van der Waals surface area contributed by atoms with Crippen molar-refractivity contribution in [2.75, 3.05) is 33.8 Å². The van der Waals surface area contributed by atoms with E-state index < -0.39 is 0 Å². The zero-order chi connectivity index (χ0) is 22.1. The van der Waals surface area contributed by atoms with E-state index in [1.165, 1.54) is 11.3 Å². The lowest BCUT2D eigenvalue weighted by atomic mass is 10.1. The number of benzene rings is 1. The Hall–Kier alpha value is -2.54. The smallest absolute Gasteiger partial charge is 0.191 e. The Morgan fingerprint density at radius 2 is 2.00 bits per heavy atom. The molecule has 0 fully saturated rings. The number of ether oxygens (including phenoxy) is 1. The van der Waals surface area contributed by atoms with E-state index >= 15 is 0 Å². The topological polar surface area (TPSA) is 66.7 Å². The van der Waals surface area contributed by atoms with Crippen LogP contribution in [0.5, 0.6) is 5.75 Å². The molecular formula is C23H38N6O. The maximum atomic E-state index is 5.97. The van der Waals surface area contributed by atoms with Crippen molar-refractivity contribution >= 4 is 5.96 Å². The van der Waals surface area contributed by atoms with Crippen molar-refractivity contribution in [2.24, 2.45) is 12.0 Å². The molecule has 7 nitrogen and oxygen atoms in total. The van der Waals surface area contributed by atoms with E-state index in [1.807, 2.05) is 44.0 Å². The second-order valence-corrected chi connectivity index (χ2v) is 7.98. The van der Waals surface area contributed by atoms with E-state index in [0.717, 1.165) is 42.5 Å². The first-order valence-corrected chi connectivity index (χ1v) is 10.7. The average Bonchev–Trinajstić information content (AvgIpc) is 2.93. The number of nitrogens with zero attached hydrogens (tertiary/aromatic N) is 4. The molecule has 0 aliphatic heterocycles. The van der Waals surface area contributed by atoms with Gasteiger partial charge in [0.2, 0.25) is 0 Å². The molecule has 1 unspecified atom stereocenters. The van der Waals surface area contributed by atoms with Crippen LogP contribution in [0.4, 0.5) is 0 Å². The Kier molecular flexibility index (Phi) is 9.17. The van der Waals surface area contributed by atoms with E-state index in [-0.39, 0.29) is 6.04 Å². The van der Waals surface area contributed by atoms with Gasteiger partial charge in [0, 0.05) is 37.4 Å². The van der Waals surface area contributed by atoms with Crippen molar-refractivity contribution in [3.05, 3.63) is 46.8 Å². The van der Waals surface area contributed by atoms with E-state index in [9.17, 15) is 0 Å².